The monoisotopic (exact) mass is 645 g/mol. The zero-order valence-corrected chi connectivity index (χ0v) is 27.2. The van der Waals surface area contributed by atoms with Crippen LogP contribution in [0, 0.1) is 12.7 Å². The van der Waals surface area contributed by atoms with Crippen molar-refractivity contribution in [3.63, 3.8) is 0 Å². The first-order valence-electron chi connectivity index (χ1n) is 15.3. The van der Waals surface area contributed by atoms with Crippen LogP contribution in [-0.4, -0.2) is 50.9 Å². The van der Waals surface area contributed by atoms with Crippen molar-refractivity contribution >= 4 is 27.5 Å². The van der Waals surface area contributed by atoms with Crippen molar-refractivity contribution < 1.29 is 27.1 Å². The highest BCUT2D eigenvalue weighted by Crippen LogP contribution is 2.27. The number of ether oxygens (including phenoxy) is 1. The zero-order valence-electron chi connectivity index (χ0n) is 26.4. The largest absolute Gasteiger partial charge is 0.494 e. The van der Waals surface area contributed by atoms with Crippen LogP contribution >= 0.6 is 0 Å². The Morgan fingerprint density at radius 3 is 2.15 bits per heavy atom. The quantitative estimate of drug-likeness (QED) is 0.174. The molecule has 0 aliphatic carbocycles. The first kappa shape index (κ1) is 34.2. The summed E-state index contributed by atoms with van der Waals surface area (Å²) in [5, 5.41) is 2.93. The molecule has 0 saturated heterocycles. The predicted molar refractivity (Wildman–Crippen MR) is 178 cm³/mol. The fourth-order valence-corrected chi connectivity index (χ4v) is 6.44. The van der Waals surface area contributed by atoms with Gasteiger partial charge in [0, 0.05) is 19.5 Å². The lowest BCUT2D eigenvalue weighted by Crippen LogP contribution is -2.53. The molecule has 4 aromatic carbocycles. The molecule has 0 radical (unpaired) electrons. The molecule has 0 heterocycles. The minimum absolute atomic E-state index is 0.0694. The van der Waals surface area contributed by atoms with Gasteiger partial charge in [0.25, 0.3) is 10.0 Å². The van der Waals surface area contributed by atoms with Crippen LogP contribution in [0.15, 0.2) is 108 Å². The summed E-state index contributed by atoms with van der Waals surface area (Å²) in [7, 11) is -4.32. The first-order chi connectivity index (χ1) is 22.1. The van der Waals surface area contributed by atoms with Gasteiger partial charge in [0.15, 0.2) is 0 Å². The minimum Gasteiger partial charge on any atom is -0.494 e. The SMILES string of the molecule is CCCNC(=O)[C@H](Cc1ccccc1)N(Cc1ccccc1C)C(=O)CN(c1ccc(F)cc1)S(=O)(=O)c1ccc(OCC)cc1. The van der Waals surface area contributed by atoms with E-state index in [0.29, 0.717) is 25.3 Å². The van der Waals surface area contributed by atoms with Gasteiger partial charge in [0.05, 0.1) is 17.2 Å². The van der Waals surface area contributed by atoms with Gasteiger partial charge in [-0.2, -0.15) is 0 Å². The molecule has 0 fully saturated rings. The number of benzene rings is 4. The average Bonchev–Trinajstić information content (AvgIpc) is 3.06. The molecule has 1 N–H and O–H groups in total. The molecule has 46 heavy (non-hydrogen) atoms. The van der Waals surface area contributed by atoms with Crippen molar-refractivity contribution in [3.05, 3.63) is 126 Å². The summed E-state index contributed by atoms with van der Waals surface area (Å²) >= 11 is 0. The van der Waals surface area contributed by atoms with E-state index in [4.69, 9.17) is 4.74 Å². The number of halogens is 1. The summed E-state index contributed by atoms with van der Waals surface area (Å²) in [6, 6.07) is 26.8. The number of carbonyl (C=O) groups excluding carboxylic acids is 2. The molecule has 10 heteroatoms. The lowest BCUT2D eigenvalue weighted by molar-refractivity contribution is -0.140. The zero-order chi connectivity index (χ0) is 33.1. The van der Waals surface area contributed by atoms with Crippen LogP contribution in [0.25, 0.3) is 0 Å². The summed E-state index contributed by atoms with van der Waals surface area (Å²) in [4.78, 5) is 29.6. The van der Waals surface area contributed by atoms with E-state index in [1.165, 1.54) is 29.2 Å². The molecule has 4 rings (SSSR count). The van der Waals surface area contributed by atoms with E-state index >= 15 is 0 Å². The van der Waals surface area contributed by atoms with Crippen molar-refractivity contribution in [2.45, 2.75) is 51.1 Å². The van der Waals surface area contributed by atoms with E-state index < -0.39 is 34.3 Å². The number of nitrogens with zero attached hydrogens (tertiary/aromatic N) is 2. The molecule has 0 spiro atoms. The number of sulfonamides is 1. The molecule has 0 saturated carbocycles. The molecule has 0 aliphatic rings. The van der Waals surface area contributed by atoms with E-state index in [1.54, 1.807) is 12.1 Å². The summed E-state index contributed by atoms with van der Waals surface area (Å²) in [5.74, 6) is -0.979. The molecule has 0 unspecified atom stereocenters. The Balaban J connectivity index is 1.79. The van der Waals surface area contributed by atoms with Crippen molar-refractivity contribution in [2.75, 3.05) is 24.0 Å². The average molecular weight is 646 g/mol. The predicted octanol–water partition coefficient (Wildman–Crippen LogP) is 5.89. The molecule has 4 aromatic rings. The second-order valence-electron chi connectivity index (χ2n) is 10.8. The number of anilines is 1. The highest BCUT2D eigenvalue weighted by atomic mass is 32.2. The second kappa shape index (κ2) is 16.0. The molecule has 2 amide bonds. The molecule has 1 atom stereocenters. The number of carbonyl (C=O) groups is 2. The van der Waals surface area contributed by atoms with Crippen molar-refractivity contribution in [1.29, 1.82) is 0 Å². The Bertz CT molecular complexity index is 1700. The van der Waals surface area contributed by atoms with Gasteiger partial charge in [-0.05, 0) is 85.5 Å². The third kappa shape index (κ3) is 8.72. The molecule has 0 aliphatic heterocycles. The molecule has 242 valence electrons. The Kier molecular flexibility index (Phi) is 11.9. The summed E-state index contributed by atoms with van der Waals surface area (Å²) in [6.45, 7) is 5.96. The number of hydrogen-bond acceptors (Lipinski definition) is 5. The van der Waals surface area contributed by atoms with E-state index in [1.807, 2.05) is 75.4 Å². The van der Waals surface area contributed by atoms with Crippen LogP contribution in [-0.2, 0) is 32.6 Å². The summed E-state index contributed by atoms with van der Waals surface area (Å²) < 4.78 is 48.7. The lowest BCUT2D eigenvalue weighted by atomic mass is 10.0. The smallest absolute Gasteiger partial charge is 0.264 e. The highest BCUT2D eigenvalue weighted by molar-refractivity contribution is 7.92. The van der Waals surface area contributed by atoms with Gasteiger partial charge in [-0.25, -0.2) is 12.8 Å². The Labute approximate surface area is 270 Å². The van der Waals surface area contributed by atoms with Crippen molar-refractivity contribution in [3.8, 4) is 5.75 Å². The van der Waals surface area contributed by atoms with Gasteiger partial charge in [0.1, 0.15) is 24.2 Å². The number of hydrogen-bond donors (Lipinski definition) is 1. The van der Waals surface area contributed by atoms with E-state index in [0.717, 1.165) is 33.1 Å². The normalized spacial score (nSPS) is 11.8. The Morgan fingerprint density at radius 1 is 0.870 bits per heavy atom. The highest BCUT2D eigenvalue weighted by Gasteiger charge is 2.34. The van der Waals surface area contributed by atoms with Gasteiger partial charge < -0.3 is 15.0 Å². The molecule has 8 nitrogen and oxygen atoms in total. The molecular weight excluding hydrogens is 605 g/mol. The Morgan fingerprint density at radius 2 is 1.52 bits per heavy atom. The summed E-state index contributed by atoms with van der Waals surface area (Å²) in [6.07, 6.45) is 0.921. The van der Waals surface area contributed by atoms with E-state index in [2.05, 4.69) is 5.32 Å². The van der Waals surface area contributed by atoms with Crippen LogP contribution in [0.5, 0.6) is 5.75 Å². The van der Waals surface area contributed by atoms with Gasteiger partial charge in [-0.1, -0.05) is 61.5 Å². The van der Waals surface area contributed by atoms with E-state index in [9.17, 15) is 22.4 Å². The number of aryl methyl sites for hydroxylation is 1. The van der Waals surface area contributed by atoms with Crippen molar-refractivity contribution in [1.82, 2.24) is 10.2 Å². The third-order valence-corrected chi connectivity index (χ3v) is 9.33. The minimum atomic E-state index is -4.32. The van der Waals surface area contributed by atoms with Crippen LogP contribution in [0.2, 0.25) is 0 Å². The van der Waals surface area contributed by atoms with Crippen LogP contribution in [0.4, 0.5) is 10.1 Å². The molecule has 0 bridgehead atoms. The number of rotatable bonds is 15. The standard InChI is InChI=1S/C36H40FN3O5S/c1-4-23-38-36(42)34(24-28-12-7-6-8-13-28)39(25-29-14-10-9-11-27(29)3)35(41)26-40(31-17-15-30(37)16-18-31)46(43,44)33-21-19-32(20-22-33)45-5-2/h6-22,34H,4-5,23-26H2,1-3H3,(H,38,42)/t34-/m0/s1. The van der Waals surface area contributed by atoms with E-state index in [-0.39, 0.29) is 29.5 Å². The van der Waals surface area contributed by atoms with Gasteiger partial charge >= 0.3 is 0 Å². The maximum Gasteiger partial charge on any atom is 0.264 e. The summed E-state index contributed by atoms with van der Waals surface area (Å²) in [5.41, 5.74) is 2.69. The van der Waals surface area contributed by atoms with Gasteiger partial charge in [-0.3, -0.25) is 13.9 Å². The maximum atomic E-state index is 14.5. The van der Waals surface area contributed by atoms with Gasteiger partial charge in [0.2, 0.25) is 11.8 Å². The first-order valence-corrected chi connectivity index (χ1v) is 16.7. The maximum absolute atomic E-state index is 14.5. The van der Waals surface area contributed by atoms with Crippen LogP contribution in [0.1, 0.15) is 37.0 Å². The fourth-order valence-electron chi connectivity index (χ4n) is 5.03. The number of amides is 2. The van der Waals surface area contributed by atoms with Crippen LogP contribution < -0.4 is 14.4 Å². The number of nitrogens with one attached hydrogen (secondary N) is 1. The second-order valence-corrected chi connectivity index (χ2v) is 12.7. The fraction of sp³-hybridized carbons (Fsp3) is 0.278. The van der Waals surface area contributed by atoms with Crippen molar-refractivity contribution in [2.24, 2.45) is 0 Å². The van der Waals surface area contributed by atoms with Crippen LogP contribution in [0.3, 0.4) is 0 Å². The van der Waals surface area contributed by atoms with Gasteiger partial charge in [-0.15, -0.1) is 0 Å². The topological polar surface area (TPSA) is 96.0 Å². The lowest BCUT2D eigenvalue weighted by Gasteiger charge is -2.34. The molecular formula is C36H40FN3O5S. The molecule has 0 aromatic heterocycles. The third-order valence-electron chi connectivity index (χ3n) is 7.54. The Hall–Kier alpha value is -4.70.